The Morgan fingerprint density at radius 3 is 2.00 bits per heavy atom. The third-order valence-electron chi connectivity index (χ3n) is 2.49. The van der Waals surface area contributed by atoms with Crippen LogP contribution in [0.4, 0.5) is 13.2 Å². The first-order chi connectivity index (χ1) is 7.56. The van der Waals surface area contributed by atoms with Crippen molar-refractivity contribution in [3.05, 3.63) is 0 Å². The van der Waals surface area contributed by atoms with Crippen LogP contribution in [0.3, 0.4) is 0 Å². The third-order valence-corrected chi connectivity index (χ3v) is 2.49. The minimum Gasteiger partial charge on any atom is -0.314 e. The Bertz CT molecular complexity index is 212. The van der Waals surface area contributed by atoms with Crippen LogP contribution in [0.25, 0.3) is 0 Å². The zero-order chi connectivity index (χ0) is 13.7. The summed E-state index contributed by atoms with van der Waals surface area (Å²) < 4.78 is 37.0. The quantitative estimate of drug-likeness (QED) is 0.751. The van der Waals surface area contributed by atoms with Crippen molar-refractivity contribution >= 4 is 0 Å². The predicted octanol–water partition coefficient (Wildman–Crippen LogP) is 2.89. The number of alkyl halides is 3. The number of halogens is 3. The van der Waals surface area contributed by atoms with Gasteiger partial charge < -0.3 is 5.32 Å². The normalized spacial score (nSPS) is 13.8. The molecule has 0 aromatic rings. The molecule has 0 amide bonds. The number of nitrogens with zero attached hydrogens (tertiary/aromatic N) is 1. The topological polar surface area (TPSA) is 15.3 Å². The Labute approximate surface area is 103 Å². The molecule has 2 nitrogen and oxygen atoms in total. The first-order valence-electron chi connectivity index (χ1n) is 6.08. The summed E-state index contributed by atoms with van der Waals surface area (Å²) in [5.74, 6) is 0. The van der Waals surface area contributed by atoms with E-state index in [0.717, 1.165) is 6.54 Å². The Morgan fingerprint density at radius 2 is 1.65 bits per heavy atom. The van der Waals surface area contributed by atoms with Crippen molar-refractivity contribution in [2.24, 2.45) is 5.41 Å². The molecule has 5 heteroatoms. The van der Waals surface area contributed by atoms with E-state index in [-0.39, 0.29) is 5.41 Å². The second-order valence-corrected chi connectivity index (χ2v) is 5.62. The number of hydrogen-bond donors (Lipinski definition) is 1. The van der Waals surface area contributed by atoms with Gasteiger partial charge in [-0.15, -0.1) is 0 Å². The van der Waals surface area contributed by atoms with Crippen molar-refractivity contribution in [1.29, 1.82) is 0 Å². The zero-order valence-corrected chi connectivity index (χ0v) is 11.5. The maximum Gasteiger partial charge on any atom is 0.401 e. The lowest BCUT2D eigenvalue weighted by Gasteiger charge is -2.33. The molecule has 0 fully saturated rings. The van der Waals surface area contributed by atoms with Crippen LogP contribution in [0.1, 0.15) is 34.6 Å². The number of nitrogens with one attached hydrogen (secondary N) is 1. The average Bonchev–Trinajstić information content (AvgIpc) is 2.11. The van der Waals surface area contributed by atoms with E-state index in [2.05, 4.69) is 5.32 Å². The summed E-state index contributed by atoms with van der Waals surface area (Å²) >= 11 is 0. The molecule has 0 unspecified atom stereocenters. The molecule has 0 aromatic carbocycles. The fraction of sp³-hybridized carbons (Fsp3) is 1.00. The monoisotopic (exact) mass is 254 g/mol. The second-order valence-electron chi connectivity index (χ2n) is 5.62. The van der Waals surface area contributed by atoms with E-state index in [1.807, 2.05) is 27.7 Å². The minimum absolute atomic E-state index is 0.161. The van der Waals surface area contributed by atoms with E-state index >= 15 is 0 Å². The number of rotatable bonds is 7. The Morgan fingerprint density at radius 1 is 1.12 bits per heavy atom. The van der Waals surface area contributed by atoms with E-state index in [9.17, 15) is 13.2 Å². The summed E-state index contributed by atoms with van der Waals surface area (Å²) in [6.07, 6.45) is -4.11. The van der Waals surface area contributed by atoms with E-state index in [1.165, 1.54) is 4.90 Å². The molecule has 0 aromatic heterocycles. The van der Waals surface area contributed by atoms with Gasteiger partial charge in [-0.1, -0.05) is 34.6 Å². The van der Waals surface area contributed by atoms with Crippen molar-refractivity contribution in [2.45, 2.75) is 46.8 Å². The van der Waals surface area contributed by atoms with Crippen molar-refractivity contribution in [1.82, 2.24) is 10.2 Å². The van der Waals surface area contributed by atoms with Gasteiger partial charge in [-0.3, -0.25) is 4.90 Å². The van der Waals surface area contributed by atoms with E-state index in [0.29, 0.717) is 19.1 Å². The van der Waals surface area contributed by atoms with Gasteiger partial charge in [0, 0.05) is 19.1 Å². The summed E-state index contributed by atoms with van der Waals surface area (Å²) in [6, 6.07) is 0.354. The van der Waals surface area contributed by atoms with Crippen molar-refractivity contribution < 1.29 is 13.2 Å². The van der Waals surface area contributed by atoms with Gasteiger partial charge in [0.25, 0.3) is 0 Å². The lowest BCUT2D eigenvalue weighted by molar-refractivity contribution is -0.148. The van der Waals surface area contributed by atoms with Crippen LogP contribution in [0.15, 0.2) is 0 Å². The summed E-state index contributed by atoms with van der Waals surface area (Å²) in [4.78, 5) is 1.45. The summed E-state index contributed by atoms with van der Waals surface area (Å²) in [5, 5.41) is 3.27. The van der Waals surface area contributed by atoms with Gasteiger partial charge >= 0.3 is 6.18 Å². The Balaban J connectivity index is 4.24. The molecule has 17 heavy (non-hydrogen) atoms. The summed E-state index contributed by atoms with van der Waals surface area (Å²) in [6.45, 7) is 10.6. The smallest absolute Gasteiger partial charge is 0.314 e. The van der Waals surface area contributed by atoms with E-state index < -0.39 is 12.7 Å². The molecule has 0 saturated carbocycles. The molecule has 0 heterocycles. The summed E-state index contributed by atoms with van der Waals surface area (Å²) in [5.41, 5.74) is -0.161. The molecule has 0 bridgehead atoms. The molecule has 0 aliphatic carbocycles. The largest absolute Gasteiger partial charge is 0.401 e. The lowest BCUT2D eigenvalue weighted by Crippen LogP contribution is -2.45. The van der Waals surface area contributed by atoms with Crippen molar-refractivity contribution in [3.63, 3.8) is 0 Å². The fourth-order valence-corrected chi connectivity index (χ4v) is 1.67. The highest BCUT2D eigenvalue weighted by Gasteiger charge is 2.32. The predicted molar refractivity (Wildman–Crippen MR) is 65.1 cm³/mol. The molecule has 0 aliphatic heterocycles. The standard InChI is InChI=1S/C12H25F3N2/c1-6-17(9-12(13,14)15)8-11(4,5)7-16-10(2)3/h10,16H,6-9H2,1-5H3. The van der Waals surface area contributed by atoms with Gasteiger partial charge in [0.15, 0.2) is 0 Å². The average molecular weight is 254 g/mol. The third kappa shape index (κ3) is 9.41. The van der Waals surface area contributed by atoms with Crippen molar-refractivity contribution in [3.8, 4) is 0 Å². The molecule has 0 atom stereocenters. The van der Waals surface area contributed by atoms with Gasteiger partial charge in [0.2, 0.25) is 0 Å². The van der Waals surface area contributed by atoms with Gasteiger partial charge in [-0.2, -0.15) is 13.2 Å². The molecule has 0 rings (SSSR count). The van der Waals surface area contributed by atoms with Crippen LogP contribution in [0.2, 0.25) is 0 Å². The number of hydrogen-bond acceptors (Lipinski definition) is 2. The maximum atomic E-state index is 12.3. The van der Waals surface area contributed by atoms with Crippen LogP contribution in [0, 0.1) is 5.41 Å². The van der Waals surface area contributed by atoms with Gasteiger partial charge in [0.1, 0.15) is 0 Å². The lowest BCUT2D eigenvalue weighted by atomic mass is 9.92. The van der Waals surface area contributed by atoms with Crippen LogP contribution in [-0.2, 0) is 0 Å². The first kappa shape index (κ1) is 16.7. The van der Waals surface area contributed by atoms with Crippen LogP contribution in [-0.4, -0.2) is 43.3 Å². The first-order valence-corrected chi connectivity index (χ1v) is 6.08. The van der Waals surface area contributed by atoms with Crippen LogP contribution >= 0.6 is 0 Å². The molecule has 1 N–H and O–H groups in total. The SMILES string of the molecule is CCN(CC(F)(F)F)CC(C)(C)CNC(C)C. The Kier molecular flexibility index (Phi) is 6.48. The molecular formula is C12H25F3N2. The van der Waals surface area contributed by atoms with E-state index in [1.54, 1.807) is 6.92 Å². The zero-order valence-electron chi connectivity index (χ0n) is 11.5. The van der Waals surface area contributed by atoms with E-state index in [4.69, 9.17) is 0 Å². The molecule has 0 spiro atoms. The van der Waals surface area contributed by atoms with Gasteiger partial charge in [-0.05, 0) is 12.0 Å². The molecule has 0 radical (unpaired) electrons. The highest BCUT2D eigenvalue weighted by Crippen LogP contribution is 2.21. The maximum absolute atomic E-state index is 12.3. The Hall–Kier alpha value is -0.290. The second kappa shape index (κ2) is 6.59. The highest BCUT2D eigenvalue weighted by molar-refractivity contribution is 4.78. The molecule has 104 valence electrons. The molecule has 0 aliphatic rings. The van der Waals surface area contributed by atoms with Gasteiger partial charge in [-0.25, -0.2) is 0 Å². The summed E-state index contributed by atoms with van der Waals surface area (Å²) in [7, 11) is 0. The minimum atomic E-state index is -4.11. The highest BCUT2D eigenvalue weighted by atomic mass is 19.4. The fourth-order valence-electron chi connectivity index (χ4n) is 1.67. The molecular weight excluding hydrogens is 229 g/mol. The van der Waals surface area contributed by atoms with Crippen LogP contribution < -0.4 is 5.32 Å². The van der Waals surface area contributed by atoms with Crippen LogP contribution in [0.5, 0.6) is 0 Å². The van der Waals surface area contributed by atoms with Gasteiger partial charge in [0.05, 0.1) is 6.54 Å². The van der Waals surface area contributed by atoms with Crippen molar-refractivity contribution in [2.75, 3.05) is 26.2 Å². The molecule has 0 saturated heterocycles.